The molecule has 3 rings (SSSR count). The highest BCUT2D eigenvalue weighted by molar-refractivity contribution is 7.78. The average Bonchev–Trinajstić information content (AvgIpc) is 2.89. The molecule has 102 valence electrons. The molecule has 0 fully saturated rings. The maximum atomic E-state index is 11.0. The summed E-state index contributed by atoms with van der Waals surface area (Å²) < 4.78 is 23.4. The summed E-state index contributed by atoms with van der Waals surface area (Å²) in [7, 11) is 0. The van der Waals surface area contributed by atoms with Gasteiger partial charge in [0.25, 0.3) is 0 Å². The normalized spacial score (nSPS) is 12.5. The van der Waals surface area contributed by atoms with Crippen molar-refractivity contribution in [3.63, 3.8) is 0 Å². The van der Waals surface area contributed by atoms with Gasteiger partial charge in [-0.25, -0.2) is 9.50 Å². The van der Waals surface area contributed by atoms with E-state index < -0.39 is 11.1 Å². The minimum Gasteiger partial charge on any atom is -0.766 e. The molecule has 0 bridgehead atoms. The summed E-state index contributed by atoms with van der Waals surface area (Å²) in [6.07, 6.45) is 3.09. The average molecular weight is 288 g/mol. The first-order valence-electron chi connectivity index (χ1n) is 5.78. The summed E-state index contributed by atoms with van der Waals surface area (Å²) in [6.45, 7) is 1.99. The van der Waals surface area contributed by atoms with Crippen molar-refractivity contribution in [3.05, 3.63) is 42.2 Å². The number of aryl methyl sites for hydroxylation is 1. The van der Waals surface area contributed by atoms with Crippen LogP contribution in [0.5, 0.6) is 0 Å². The van der Waals surface area contributed by atoms with Gasteiger partial charge >= 0.3 is 0 Å². The lowest BCUT2D eigenvalue weighted by molar-refractivity contribution is 0.524. The minimum absolute atomic E-state index is 0.287. The second-order valence-electron chi connectivity index (χ2n) is 4.16. The van der Waals surface area contributed by atoms with Crippen molar-refractivity contribution in [1.82, 2.24) is 19.6 Å². The maximum absolute atomic E-state index is 11.0. The van der Waals surface area contributed by atoms with Crippen LogP contribution in [0.3, 0.4) is 0 Å². The predicted octanol–water partition coefficient (Wildman–Crippen LogP) is 1.41. The molecule has 2 heterocycles. The van der Waals surface area contributed by atoms with Gasteiger partial charge in [-0.3, -0.25) is 4.21 Å². The summed E-state index contributed by atoms with van der Waals surface area (Å²) in [5.41, 5.74) is 2.38. The molecule has 1 unspecified atom stereocenters. The third-order valence-corrected chi connectivity index (χ3v) is 3.17. The van der Waals surface area contributed by atoms with Crippen LogP contribution in [0.15, 0.2) is 41.8 Å². The summed E-state index contributed by atoms with van der Waals surface area (Å²) >= 11 is -2.50. The minimum atomic E-state index is -2.50. The molecule has 1 N–H and O–H groups in total. The predicted molar refractivity (Wildman–Crippen MR) is 72.4 cm³/mol. The molecule has 0 spiro atoms. The van der Waals surface area contributed by atoms with Crippen LogP contribution in [0, 0.1) is 6.92 Å². The van der Waals surface area contributed by atoms with E-state index in [2.05, 4.69) is 20.4 Å². The van der Waals surface area contributed by atoms with Gasteiger partial charge in [0, 0.05) is 29.2 Å². The van der Waals surface area contributed by atoms with E-state index >= 15 is 0 Å². The van der Waals surface area contributed by atoms with Crippen LogP contribution in [0.4, 0.5) is 11.5 Å². The van der Waals surface area contributed by atoms with Crippen LogP contribution in [-0.2, 0) is 11.1 Å². The molecule has 0 aliphatic heterocycles. The Balaban J connectivity index is 2.07. The van der Waals surface area contributed by atoms with Crippen molar-refractivity contribution in [2.45, 2.75) is 12.1 Å². The molecule has 0 amide bonds. The van der Waals surface area contributed by atoms with E-state index in [1.165, 1.54) is 10.7 Å². The van der Waals surface area contributed by atoms with Crippen molar-refractivity contribution in [1.29, 1.82) is 0 Å². The lowest BCUT2D eigenvalue weighted by Crippen LogP contribution is -2.07. The van der Waals surface area contributed by atoms with E-state index in [0.717, 1.165) is 11.3 Å². The molecule has 0 aliphatic rings. The number of nitrogens with one attached hydrogen (secondary N) is 1. The number of fused-ring (bicyclic) bond motifs is 1. The van der Waals surface area contributed by atoms with E-state index in [-0.39, 0.29) is 5.16 Å². The number of nitrogens with zero attached hydrogens (tertiary/aromatic N) is 4. The first-order chi connectivity index (χ1) is 9.63. The van der Waals surface area contributed by atoms with Gasteiger partial charge in [0.2, 0.25) is 5.16 Å². The van der Waals surface area contributed by atoms with Crippen LogP contribution in [0.1, 0.15) is 5.56 Å². The number of hydrogen-bond acceptors (Lipinski definition) is 6. The zero-order valence-electron chi connectivity index (χ0n) is 10.5. The van der Waals surface area contributed by atoms with Gasteiger partial charge in [0.05, 0.1) is 0 Å². The maximum Gasteiger partial charge on any atom is 0.226 e. The first-order valence-corrected chi connectivity index (χ1v) is 6.85. The van der Waals surface area contributed by atoms with E-state index in [0.29, 0.717) is 11.5 Å². The zero-order chi connectivity index (χ0) is 14.1. The second kappa shape index (κ2) is 4.99. The third kappa shape index (κ3) is 2.38. The Morgan fingerprint density at radius 2 is 2.05 bits per heavy atom. The Morgan fingerprint density at radius 3 is 2.75 bits per heavy atom. The quantitative estimate of drug-likeness (QED) is 0.732. The van der Waals surface area contributed by atoms with Gasteiger partial charge in [-0.15, -0.1) is 5.10 Å². The topological polar surface area (TPSA) is 95.2 Å². The van der Waals surface area contributed by atoms with Gasteiger partial charge in [-0.05, 0) is 19.1 Å². The Kier molecular flexibility index (Phi) is 3.17. The Morgan fingerprint density at radius 1 is 1.30 bits per heavy atom. The van der Waals surface area contributed by atoms with Gasteiger partial charge in [-0.2, -0.15) is 4.98 Å². The standard InChI is InChI=1S/C12H11N5O2S/c1-8-2-4-9(5-3-8)14-10-11-13-6-7-17(11)16-12(15-10)20(18)19/h2-7H,1H3,(H,18,19)(H,14,15,16)/p-1. The largest absolute Gasteiger partial charge is 0.766 e. The highest BCUT2D eigenvalue weighted by Crippen LogP contribution is 2.19. The molecule has 1 aromatic carbocycles. The van der Waals surface area contributed by atoms with Crippen LogP contribution in [-0.4, -0.2) is 28.3 Å². The second-order valence-corrected chi connectivity index (χ2v) is 5.00. The summed E-state index contributed by atoms with van der Waals surface area (Å²) in [5.74, 6) is 0.341. The number of imidazole rings is 1. The first kappa shape index (κ1) is 12.7. The Labute approximate surface area is 117 Å². The van der Waals surface area contributed by atoms with Crippen LogP contribution >= 0.6 is 0 Å². The summed E-state index contributed by atoms with van der Waals surface area (Å²) in [4.78, 5) is 8.08. The van der Waals surface area contributed by atoms with Gasteiger partial charge < -0.3 is 9.87 Å². The SMILES string of the molecule is Cc1ccc(Nc2nc(S(=O)[O-])nn3ccnc23)cc1. The summed E-state index contributed by atoms with van der Waals surface area (Å²) in [6, 6.07) is 7.65. The number of rotatable bonds is 3. The van der Waals surface area contributed by atoms with Crippen LogP contribution in [0.2, 0.25) is 0 Å². The number of aromatic nitrogens is 4. The van der Waals surface area contributed by atoms with Crippen molar-refractivity contribution in [2.24, 2.45) is 0 Å². The molecule has 0 saturated heterocycles. The zero-order valence-corrected chi connectivity index (χ0v) is 11.3. The van der Waals surface area contributed by atoms with Crippen LogP contribution in [0.25, 0.3) is 5.65 Å². The number of hydrogen-bond donors (Lipinski definition) is 1. The highest BCUT2D eigenvalue weighted by Gasteiger charge is 2.09. The molecule has 2 aromatic heterocycles. The van der Waals surface area contributed by atoms with E-state index in [9.17, 15) is 8.76 Å². The number of anilines is 2. The molecular formula is C12H10N5O2S-. The fourth-order valence-electron chi connectivity index (χ4n) is 1.74. The molecule has 20 heavy (non-hydrogen) atoms. The van der Waals surface area contributed by atoms with E-state index in [1.54, 1.807) is 6.20 Å². The van der Waals surface area contributed by atoms with E-state index in [1.807, 2.05) is 31.2 Å². The van der Waals surface area contributed by atoms with Crippen molar-refractivity contribution < 1.29 is 8.76 Å². The summed E-state index contributed by atoms with van der Waals surface area (Å²) in [5, 5.41) is 6.60. The highest BCUT2D eigenvalue weighted by atomic mass is 32.2. The molecule has 7 nitrogen and oxygen atoms in total. The van der Waals surface area contributed by atoms with Crippen molar-refractivity contribution in [3.8, 4) is 0 Å². The third-order valence-electron chi connectivity index (χ3n) is 2.70. The monoisotopic (exact) mass is 288 g/mol. The molecule has 0 radical (unpaired) electrons. The molecule has 3 aromatic rings. The van der Waals surface area contributed by atoms with Gasteiger partial charge in [-0.1, -0.05) is 17.7 Å². The number of benzene rings is 1. The lowest BCUT2D eigenvalue weighted by Gasteiger charge is -2.10. The fraction of sp³-hybridized carbons (Fsp3) is 0.0833. The van der Waals surface area contributed by atoms with Crippen molar-refractivity contribution in [2.75, 3.05) is 5.32 Å². The van der Waals surface area contributed by atoms with Crippen LogP contribution < -0.4 is 5.32 Å². The lowest BCUT2D eigenvalue weighted by atomic mass is 10.2. The molecule has 0 aliphatic carbocycles. The smallest absolute Gasteiger partial charge is 0.226 e. The van der Waals surface area contributed by atoms with Gasteiger partial charge in [0.1, 0.15) is 0 Å². The van der Waals surface area contributed by atoms with Gasteiger partial charge in [0.15, 0.2) is 11.5 Å². The fourth-order valence-corrected chi connectivity index (χ4v) is 2.06. The Hall–Kier alpha value is -2.32. The molecule has 8 heteroatoms. The molecule has 1 atom stereocenters. The molecule has 0 saturated carbocycles. The molecular weight excluding hydrogens is 278 g/mol. The van der Waals surface area contributed by atoms with E-state index in [4.69, 9.17) is 0 Å². The Bertz CT molecular complexity index is 784. The van der Waals surface area contributed by atoms with Crippen molar-refractivity contribution >= 4 is 28.2 Å².